The number of piperidine rings is 1. The quantitative estimate of drug-likeness (QED) is 0.808. The normalized spacial score (nSPS) is 30.4. The molecule has 5 heteroatoms. The van der Waals surface area contributed by atoms with E-state index in [1.54, 1.807) is 0 Å². The number of ether oxygens (including phenoxy) is 1. The van der Waals surface area contributed by atoms with E-state index in [0.717, 1.165) is 32.5 Å². The molecule has 3 nitrogen and oxygen atoms in total. The van der Waals surface area contributed by atoms with Crippen molar-refractivity contribution >= 4 is 29.0 Å². The molecule has 110 valence electrons. The van der Waals surface area contributed by atoms with Crippen molar-refractivity contribution < 1.29 is 4.74 Å². The summed E-state index contributed by atoms with van der Waals surface area (Å²) in [4.78, 5) is 3.19. The SMILES string of the molecule is CSC1(C(N)=S)CCN(CC2CCC(C)(C)O2)CC1. The standard InChI is InChI=1S/C14H26N2OS2/c1-13(2)5-4-11(17-13)10-16-8-6-14(19-3,7-9-16)12(15)18/h11H,4-10H2,1-3H3,(H2,15,18). The van der Waals surface area contributed by atoms with Crippen LogP contribution in [0.15, 0.2) is 0 Å². The van der Waals surface area contributed by atoms with Crippen molar-refractivity contribution in [1.82, 2.24) is 4.90 Å². The van der Waals surface area contributed by atoms with Crippen LogP contribution in [0.1, 0.15) is 39.5 Å². The minimum Gasteiger partial charge on any atom is -0.392 e. The predicted molar refractivity (Wildman–Crippen MR) is 86.9 cm³/mol. The Balaban J connectivity index is 1.82. The molecule has 19 heavy (non-hydrogen) atoms. The maximum Gasteiger partial charge on any atom is 0.0891 e. The topological polar surface area (TPSA) is 38.5 Å². The molecular weight excluding hydrogens is 276 g/mol. The smallest absolute Gasteiger partial charge is 0.0891 e. The fraction of sp³-hybridized carbons (Fsp3) is 0.929. The van der Waals surface area contributed by atoms with E-state index in [4.69, 9.17) is 22.7 Å². The highest BCUT2D eigenvalue weighted by Crippen LogP contribution is 2.36. The molecule has 2 aliphatic rings. The Labute approximate surface area is 126 Å². The van der Waals surface area contributed by atoms with E-state index in [9.17, 15) is 0 Å². The van der Waals surface area contributed by atoms with Crippen molar-refractivity contribution in [3.8, 4) is 0 Å². The van der Waals surface area contributed by atoms with Gasteiger partial charge in [-0.15, -0.1) is 0 Å². The minimum absolute atomic E-state index is 0.0294. The molecule has 0 aromatic rings. The van der Waals surface area contributed by atoms with Crippen molar-refractivity contribution in [2.45, 2.75) is 56.0 Å². The van der Waals surface area contributed by atoms with E-state index in [1.165, 1.54) is 12.8 Å². The number of thiocarbonyl (C=S) groups is 1. The molecular formula is C14H26N2OS2. The first-order chi connectivity index (χ1) is 8.87. The Morgan fingerprint density at radius 2 is 2.00 bits per heavy atom. The first-order valence-electron chi connectivity index (χ1n) is 7.12. The van der Waals surface area contributed by atoms with Gasteiger partial charge in [-0.1, -0.05) is 12.2 Å². The molecule has 0 aromatic heterocycles. The van der Waals surface area contributed by atoms with Gasteiger partial charge < -0.3 is 15.4 Å². The molecule has 0 amide bonds. The van der Waals surface area contributed by atoms with Gasteiger partial charge >= 0.3 is 0 Å². The summed E-state index contributed by atoms with van der Waals surface area (Å²) >= 11 is 7.07. The van der Waals surface area contributed by atoms with Crippen molar-refractivity contribution in [1.29, 1.82) is 0 Å². The zero-order chi connectivity index (χ0) is 14.1. The van der Waals surface area contributed by atoms with Gasteiger partial charge in [-0.05, 0) is 58.9 Å². The van der Waals surface area contributed by atoms with Crippen LogP contribution in [0, 0.1) is 0 Å². The fourth-order valence-corrected chi connectivity index (χ4v) is 4.39. The van der Waals surface area contributed by atoms with Crippen LogP contribution in [0.2, 0.25) is 0 Å². The Morgan fingerprint density at radius 1 is 1.37 bits per heavy atom. The Hall–Kier alpha value is 0.160. The van der Waals surface area contributed by atoms with Crippen LogP contribution in [-0.4, -0.2) is 52.2 Å². The number of rotatable bonds is 4. The second-order valence-electron chi connectivity index (χ2n) is 6.40. The van der Waals surface area contributed by atoms with Crippen molar-refractivity contribution in [3.63, 3.8) is 0 Å². The molecule has 0 aliphatic carbocycles. The Kier molecular flexibility index (Phi) is 4.81. The summed E-state index contributed by atoms with van der Waals surface area (Å²) in [5.41, 5.74) is 6.00. The maximum absolute atomic E-state index is 6.08. The molecule has 2 saturated heterocycles. The molecule has 0 radical (unpaired) electrons. The van der Waals surface area contributed by atoms with Crippen molar-refractivity contribution in [2.75, 3.05) is 25.9 Å². The van der Waals surface area contributed by atoms with Gasteiger partial charge in [-0.25, -0.2) is 0 Å². The van der Waals surface area contributed by atoms with Gasteiger partial charge in [0.25, 0.3) is 0 Å². The molecule has 1 unspecified atom stereocenters. The average molecular weight is 303 g/mol. The fourth-order valence-electron chi connectivity index (χ4n) is 3.14. The molecule has 2 rings (SSSR count). The number of thioether (sulfide) groups is 1. The molecule has 2 N–H and O–H groups in total. The largest absolute Gasteiger partial charge is 0.392 e. The van der Waals surface area contributed by atoms with Crippen LogP contribution < -0.4 is 5.73 Å². The van der Waals surface area contributed by atoms with E-state index in [2.05, 4.69) is 25.0 Å². The third-order valence-electron chi connectivity index (χ3n) is 4.52. The molecule has 0 saturated carbocycles. The van der Waals surface area contributed by atoms with Gasteiger partial charge in [0.15, 0.2) is 0 Å². The summed E-state index contributed by atoms with van der Waals surface area (Å²) in [6.07, 6.45) is 7.03. The van der Waals surface area contributed by atoms with Gasteiger partial charge in [-0.2, -0.15) is 11.8 Å². The maximum atomic E-state index is 6.08. The predicted octanol–water partition coefficient (Wildman–Crippen LogP) is 2.43. The highest BCUT2D eigenvalue weighted by molar-refractivity contribution is 8.02. The zero-order valence-corrected chi connectivity index (χ0v) is 13.9. The lowest BCUT2D eigenvalue weighted by atomic mass is 9.95. The zero-order valence-electron chi connectivity index (χ0n) is 12.3. The summed E-state index contributed by atoms with van der Waals surface area (Å²) in [6, 6.07) is 0. The lowest BCUT2D eigenvalue weighted by Gasteiger charge is -2.40. The summed E-state index contributed by atoms with van der Waals surface area (Å²) in [6.45, 7) is 7.60. The molecule has 2 fully saturated rings. The number of hydrogen-bond acceptors (Lipinski definition) is 4. The highest BCUT2D eigenvalue weighted by atomic mass is 32.2. The lowest BCUT2D eigenvalue weighted by Crippen LogP contribution is -2.50. The summed E-state index contributed by atoms with van der Waals surface area (Å²) in [5.74, 6) is 0. The molecule has 2 aliphatic heterocycles. The van der Waals surface area contributed by atoms with Gasteiger partial charge in [0.05, 0.1) is 21.4 Å². The van der Waals surface area contributed by atoms with E-state index in [-0.39, 0.29) is 10.3 Å². The Bertz CT molecular complexity index is 338. The third-order valence-corrected chi connectivity index (χ3v) is 6.45. The van der Waals surface area contributed by atoms with Gasteiger partial charge in [0.2, 0.25) is 0 Å². The van der Waals surface area contributed by atoms with E-state index in [0.29, 0.717) is 11.1 Å². The van der Waals surface area contributed by atoms with Gasteiger partial charge in [0, 0.05) is 6.54 Å². The van der Waals surface area contributed by atoms with Crippen LogP contribution in [0.3, 0.4) is 0 Å². The minimum atomic E-state index is 0.0294. The average Bonchev–Trinajstić information content (AvgIpc) is 2.69. The van der Waals surface area contributed by atoms with E-state index < -0.39 is 0 Å². The van der Waals surface area contributed by atoms with Crippen molar-refractivity contribution in [3.05, 3.63) is 0 Å². The van der Waals surface area contributed by atoms with Gasteiger partial charge in [0.1, 0.15) is 0 Å². The number of hydrogen-bond donors (Lipinski definition) is 1. The molecule has 2 heterocycles. The highest BCUT2D eigenvalue weighted by Gasteiger charge is 2.38. The van der Waals surface area contributed by atoms with E-state index >= 15 is 0 Å². The molecule has 1 atom stereocenters. The van der Waals surface area contributed by atoms with Gasteiger partial charge in [-0.3, -0.25) is 0 Å². The second kappa shape index (κ2) is 5.88. The van der Waals surface area contributed by atoms with Crippen LogP contribution in [-0.2, 0) is 4.74 Å². The van der Waals surface area contributed by atoms with Crippen LogP contribution in [0.4, 0.5) is 0 Å². The second-order valence-corrected chi connectivity index (χ2v) is 8.03. The van der Waals surface area contributed by atoms with Crippen LogP contribution in [0.5, 0.6) is 0 Å². The summed E-state index contributed by atoms with van der Waals surface area (Å²) in [7, 11) is 0. The Morgan fingerprint density at radius 3 is 2.42 bits per heavy atom. The van der Waals surface area contributed by atoms with Crippen LogP contribution in [0.25, 0.3) is 0 Å². The van der Waals surface area contributed by atoms with Crippen molar-refractivity contribution in [2.24, 2.45) is 5.73 Å². The molecule has 0 bridgehead atoms. The lowest BCUT2D eigenvalue weighted by molar-refractivity contribution is -0.0307. The summed E-state index contributed by atoms with van der Waals surface area (Å²) in [5, 5.41) is 0. The third kappa shape index (κ3) is 3.63. The monoisotopic (exact) mass is 302 g/mol. The summed E-state index contributed by atoms with van der Waals surface area (Å²) < 4.78 is 6.11. The number of nitrogens with two attached hydrogens (primary N) is 1. The number of likely N-dealkylation sites (tertiary alicyclic amines) is 1. The number of nitrogens with zero attached hydrogens (tertiary/aromatic N) is 1. The van der Waals surface area contributed by atoms with Crippen LogP contribution >= 0.6 is 24.0 Å². The molecule has 0 spiro atoms. The first-order valence-corrected chi connectivity index (χ1v) is 8.75. The molecule has 0 aromatic carbocycles. The first kappa shape index (κ1) is 15.5. The van der Waals surface area contributed by atoms with E-state index in [1.807, 2.05) is 11.8 Å².